The number of hydrogen-bond donors (Lipinski definition) is 1. The second-order valence-electron chi connectivity index (χ2n) is 5.49. The molecule has 0 saturated heterocycles. The Labute approximate surface area is 167 Å². The van der Waals surface area contributed by atoms with Crippen molar-refractivity contribution in [2.75, 3.05) is 0 Å². The van der Waals surface area contributed by atoms with Crippen LogP contribution >= 0.6 is 34.8 Å². The normalized spacial score (nSPS) is 11.2. The number of aromatic nitrogens is 3. The molecule has 0 amide bonds. The minimum atomic E-state index is -3.09. The van der Waals surface area contributed by atoms with Gasteiger partial charge in [-0.1, -0.05) is 34.8 Å². The summed E-state index contributed by atoms with van der Waals surface area (Å²) in [5.74, 6) is -1.56. The van der Waals surface area contributed by atoms with Crippen molar-refractivity contribution in [2.24, 2.45) is 0 Å². The Morgan fingerprint density at radius 1 is 1.15 bits per heavy atom. The van der Waals surface area contributed by atoms with Gasteiger partial charge in [0.15, 0.2) is 5.69 Å². The van der Waals surface area contributed by atoms with Gasteiger partial charge in [0.1, 0.15) is 11.5 Å². The van der Waals surface area contributed by atoms with E-state index in [9.17, 15) is 18.7 Å². The highest BCUT2D eigenvalue weighted by Crippen LogP contribution is 2.31. The SMILES string of the molecule is O=C(O)c1c(C(F)F)nc(-c2cncc(Cl)c2)n1Cc1cc(Cl)ccc1Cl. The highest BCUT2D eigenvalue weighted by atomic mass is 35.5. The summed E-state index contributed by atoms with van der Waals surface area (Å²) in [6, 6.07) is 6.07. The van der Waals surface area contributed by atoms with E-state index in [0.717, 1.165) is 4.57 Å². The van der Waals surface area contributed by atoms with Gasteiger partial charge in [-0.05, 0) is 29.8 Å². The second kappa shape index (κ2) is 7.80. The Morgan fingerprint density at radius 2 is 1.89 bits per heavy atom. The Hall–Kier alpha value is -2.22. The first-order valence-corrected chi connectivity index (χ1v) is 8.58. The van der Waals surface area contributed by atoms with Crippen LogP contribution in [0.2, 0.25) is 15.1 Å². The van der Waals surface area contributed by atoms with Gasteiger partial charge >= 0.3 is 5.97 Å². The molecule has 0 bridgehead atoms. The van der Waals surface area contributed by atoms with Gasteiger partial charge in [-0.15, -0.1) is 0 Å². The van der Waals surface area contributed by atoms with Crippen molar-refractivity contribution in [1.29, 1.82) is 0 Å². The number of halogens is 5. The predicted octanol–water partition coefficient (Wildman–Crippen LogP) is 5.59. The van der Waals surface area contributed by atoms with E-state index < -0.39 is 23.8 Å². The minimum Gasteiger partial charge on any atom is -0.477 e. The van der Waals surface area contributed by atoms with Crippen LogP contribution < -0.4 is 0 Å². The number of carboxylic acid groups (broad SMARTS) is 1. The topological polar surface area (TPSA) is 68.0 Å². The lowest BCUT2D eigenvalue weighted by atomic mass is 10.2. The quantitative estimate of drug-likeness (QED) is 0.571. The molecule has 5 nitrogen and oxygen atoms in total. The van der Waals surface area contributed by atoms with Gasteiger partial charge in [0.25, 0.3) is 6.43 Å². The molecule has 2 aromatic heterocycles. The van der Waals surface area contributed by atoms with Crippen LogP contribution in [0.15, 0.2) is 36.7 Å². The molecular formula is C17H10Cl3F2N3O2. The van der Waals surface area contributed by atoms with Crippen LogP contribution in [0.3, 0.4) is 0 Å². The van der Waals surface area contributed by atoms with Crippen molar-refractivity contribution in [3.8, 4) is 11.4 Å². The number of carbonyl (C=O) groups is 1. The zero-order valence-corrected chi connectivity index (χ0v) is 15.6. The van der Waals surface area contributed by atoms with Gasteiger partial charge in [0.2, 0.25) is 0 Å². The van der Waals surface area contributed by atoms with Crippen LogP contribution in [-0.2, 0) is 6.54 Å². The largest absolute Gasteiger partial charge is 0.477 e. The monoisotopic (exact) mass is 431 g/mol. The van der Waals surface area contributed by atoms with Crippen molar-refractivity contribution in [3.63, 3.8) is 0 Å². The summed E-state index contributed by atoms with van der Waals surface area (Å²) in [6.07, 6.45) is -0.373. The molecule has 2 heterocycles. The summed E-state index contributed by atoms with van der Waals surface area (Å²) in [5, 5.41) is 10.4. The lowest BCUT2D eigenvalue weighted by molar-refractivity contribution is 0.0671. The average molecular weight is 433 g/mol. The van der Waals surface area contributed by atoms with Gasteiger partial charge in [-0.25, -0.2) is 18.6 Å². The Bertz CT molecular complexity index is 1020. The van der Waals surface area contributed by atoms with Crippen LogP contribution in [0.5, 0.6) is 0 Å². The summed E-state index contributed by atoms with van der Waals surface area (Å²) >= 11 is 18.0. The van der Waals surface area contributed by atoms with Crippen molar-refractivity contribution in [2.45, 2.75) is 13.0 Å². The molecule has 0 saturated carbocycles. The molecule has 0 spiro atoms. The fourth-order valence-electron chi connectivity index (χ4n) is 2.59. The fraction of sp³-hybridized carbons (Fsp3) is 0.118. The maximum absolute atomic E-state index is 13.4. The second-order valence-corrected chi connectivity index (χ2v) is 6.77. The van der Waals surface area contributed by atoms with Crippen LogP contribution in [-0.4, -0.2) is 25.6 Å². The summed E-state index contributed by atoms with van der Waals surface area (Å²) in [5.41, 5.74) is -0.761. The number of nitrogens with zero attached hydrogens (tertiary/aromatic N) is 3. The maximum atomic E-state index is 13.4. The summed E-state index contributed by atoms with van der Waals surface area (Å²) in [4.78, 5) is 19.5. The van der Waals surface area contributed by atoms with E-state index in [-0.39, 0.29) is 23.0 Å². The molecule has 0 aliphatic rings. The molecule has 1 N–H and O–H groups in total. The van der Waals surface area contributed by atoms with Gasteiger partial charge < -0.3 is 9.67 Å². The third kappa shape index (κ3) is 4.05. The highest BCUT2D eigenvalue weighted by molar-refractivity contribution is 6.33. The van der Waals surface area contributed by atoms with E-state index in [1.54, 1.807) is 6.07 Å². The van der Waals surface area contributed by atoms with Crippen molar-refractivity contribution < 1.29 is 18.7 Å². The summed E-state index contributed by atoms with van der Waals surface area (Å²) in [6.45, 7) is -0.136. The maximum Gasteiger partial charge on any atom is 0.354 e. The molecule has 0 unspecified atom stereocenters. The number of aromatic carboxylic acids is 1. The Kier molecular flexibility index (Phi) is 5.64. The molecule has 0 atom stereocenters. The molecule has 27 heavy (non-hydrogen) atoms. The van der Waals surface area contributed by atoms with Crippen molar-refractivity contribution in [3.05, 3.63) is 68.7 Å². The molecule has 3 rings (SSSR count). The molecule has 3 aromatic rings. The number of benzene rings is 1. The van der Waals surface area contributed by atoms with Gasteiger partial charge in [0.05, 0.1) is 11.6 Å². The molecule has 0 fully saturated rings. The Balaban J connectivity index is 2.25. The average Bonchev–Trinajstić information content (AvgIpc) is 2.98. The van der Waals surface area contributed by atoms with Crippen LogP contribution in [0.1, 0.15) is 28.2 Å². The lowest BCUT2D eigenvalue weighted by Crippen LogP contribution is -2.13. The van der Waals surface area contributed by atoms with Gasteiger partial charge in [-0.2, -0.15) is 0 Å². The van der Waals surface area contributed by atoms with Crippen LogP contribution in [0, 0.1) is 0 Å². The van der Waals surface area contributed by atoms with Gasteiger partial charge in [-0.3, -0.25) is 4.98 Å². The van der Waals surface area contributed by atoms with E-state index in [1.807, 2.05) is 0 Å². The Morgan fingerprint density at radius 3 is 2.52 bits per heavy atom. The number of carboxylic acids is 1. The third-order valence-corrected chi connectivity index (χ3v) is 4.51. The molecule has 0 radical (unpaired) electrons. The number of alkyl halides is 2. The molecular weight excluding hydrogens is 423 g/mol. The summed E-state index contributed by atoms with van der Waals surface area (Å²) < 4.78 is 28.0. The summed E-state index contributed by atoms with van der Waals surface area (Å²) in [7, 11) is 0. The van der Waals surface area contributed by atoms with Crippen molar-refractivity contribution in [1.82, 2.24) is 14.5 Å². The zero-order chi connectivity index (χ0) is 19.7. The van der Waals surface area contributed by atoms with E-state index in [1.165, 1.54) is 30.6 Å². The molecule has 0 aliphatic heterocycles. The van der Waals surface area contributed by atoms with Crippen molar-refractivity contribution >= 4 is 40.8 Å². The van der Waals surface area contributed by atoms with E-state index in [2.05, 4.69) is 9.97 Å². The smallest absolute Gasteiger partial charge is 0.354 e. The third-order valence-electron chi connectivity index (χ3n) is 3.70. The molecule has 140 valence electrons. The molecule has 0 aliphatic carbocycles. The van der Waals surface area contributed by atoms with E-state index in [0.29, 0.717) is 15.6 Å². The number of hydrogen-bond acceptors (Lipinski definition) is 3. The van der Waals surface area contributed by atoms with Gasteiger partial charge in [0, 0.05) is 28.0 Å². The fourth-order valence-corrected chi connectivity index (χ4v) is 3.14. The zero-order valence-electron chi connectivity index (χ0n) is 13.3. The first kappa shape index (κ1) is 19.5. The minimum absolute atomic E-state index is 0.0197. The number of imidazole rings is 1. The molecule has 10 heteroatoms. The van der Waals surface area contributed by atoms with E-state index >= 15 is 0 Å². The van der Waals surface area contributed by atoms with Crippen LogP contribution in [0.25, 0.3) is 11.4 Å². The first-order valence-electron chi connectivity index (χ1n) is 7.44. The standard InChI is InChI=1S/C17H10Cl3F2N3O2/c18-10-1-2-12(20)9(4-10)7-25-14(17(26)27)13(15(21)22)24-16(25)8-3-11(19)6-23-5-8/h1-6,15H,7H2,(H,26,27). The van der Waals surface area contributed by atoms with E-state index in [4.69, 9.17) is 34.8 Å². The predicted molar refractivity (Wildman–Crippen MR) is 97.9 cm³/mol. The molecule has 1 aromatic carbocycles. The van der Waals surface area contributed by atoms with Crippen LogP contribution in [0.4, 0.5) is 8.78 Å². The lowest BCUT2D eigenvalue weighted by Gasteiger charge is -2.12. The first-order chi connectivity index (χ1) is 12.8. The number of rotatable bonds is 5. The highest BCUT2D eigenvalue weighted by Gasteiger charge is 2.29. The number of pyridine rings is 1.